The highest BCUT2D eigenvalue weighted by Crippen LogP contribution is 2.35. The summed E-state index contributed by atoms with van der Waals surface area (Å²) < 4.78 is 6.29. The molecule has 3 rings (SSSR count). The standard InChI is InChI=1S/C21H27N3O4/c1-11(2)20(25)24-13-7-4-5-9-15(13)28-16-10-6-8-14-18(16)19(22)17(21(26)27)12(3)23-14/h6,8,10-11,13,15H,4-5,7,9H2,1-3H3,(H2,22,23)(H,24,25)(H,26,27). The maximum Gasteiger partial charge on any atom is 0.339 e. The minimum absolute atomic E-state index is 0.00291. The lowest BCUT2D eigenvalue weighted by molar-refractivity contribution is -0.125. The molecule has 1 aliphatic rings. The lowest BCUT2D eigenvalue weighted by atomic mass is 9.91. The fraction of sp³-hybridized carbons (Fsp3) is 0.476. The number of hydrogen-bond acceptors (Lipinski definition) is 5. The Morgan fingerprint density at radius 2 is 2.00 bits per heavy atom. The third-order valence-electron chi connectivity index (χ3n) is 5.24. The lowest BCUT2D eigenvalue weighted by Gasteiger charge is -2.33. The molecule has 1 fully saturated rings. The fourth-order valence-corrected chi connectivity index (χ4v) is 3.72. The van der Waals surface area contributed by atoms with Gasteiger partial charge in [0, 0.05) is 5.92 Å². The Bertz CT molecular complexity index is 910. The monoisotopic (exact) mass is 385 g/mol. The van der Waals surface area contributed by atoms with Gasteiger partial charge in [-0.1, -0.05) is 26.3 Å². The number of amides is 1. The third-order valence-corrected chi connectivity index (χ3v) is 5.24. The minimum Gasteiger partial charge on any atom is -0.488 e. The van der Waals surface area contributed by atoms with Crippen LogP contribution in [0.4, 0.5) is 5.69 Å². The Hall–Kier alpha value is -2.83. The summed E-state index contributed by atoms with van der Waals surface area (Å²) in [6, 6.07) is 5.29. The zero-order chi connectivity index (χ0) is 20.4. The first-order valence-corrected chi connectivity index (χ1v) is 9.68. The van der Waals surface area contributed by atoms with E-state index in [4.69, 9.17) is 10.5 Å². The number of ether oxygens (including phenoxy) is 1. The first-order chi connectivity index (χ1) is 13.3. The van der Waals surface area contributed by atoms with Crippen molar-refractivity contribution in [2.75, 3.05) is 5.73 Å². The van der Waals surface area contributed by atoms with Crippen LogP contribution in [0, 0.1) is 12.8 Å². The number of hydrogen-bond donors (Lipinski definition) is 3. The maximum atomic E-state index is 12.2. The second-order valence-electron chi connectivity index (χ2n) is 7.65. The van der Waals surface area contributed by atoms with Crippen LogP contribution >= 0.6 is 0 Å². The summed E-state index contributed by atoms with van der Waals surface area (Å²) >= 11 is 0. The van der Waals surface area contributed by atoms with Gasteiger partial charge in [0.2, 0.25) is 5.91 Å². The number of carbonyl (C=O) groups is 2. The molecule has 1 amide bonds. The van der Waals surface area contributed by atoms with Crippen molar-refractivity contribution in [3.8, 4) is 5.75 Å². The zero-order valence-corrected chi connectivity index (χ0v) is 16.5. The number of pyridine rings is 1. The number of carboxylic acids is 1. The molecule has 1 saturated carbocycles. The SMILES string of the molecule is Cc1nc2cccc(OC3CCCCC3NC(=O)C(C)C)c2c(N)c1C(=O)O. The van der Waals surface area contributed by atoms with Gasteiger partial charge in [-0.2, -0.15) is 0 Å². The predicted molar refractivity (Wildman–Crippen MR) is 108 cm³/mol. The van der Waals surface area contributed by atoms with E-state index in [-0.39, 0.29) is 35.2 Å². The molecule has 1 aromatic heterocycles. The van der Waals surface area contributed by atoms with Gasteiger partial charge in [0.05, 0.1) is 28.3 Å². The van der Waals surface area contributed by atoms with Crippen molar-refractivity contribution in [1.29, 1.82) is 0 Å². The molecular formula is C21H27N3O4. The van der Waals surface area contributed by atoms with Crippen molar-refractivity contribution < 1.29 is 19.4 Å². The molecule has 0 aliphatic heterocycles. The maximum absolute atomic E-state index is 12.2. The largest absolute Gasteiger partial charge is 0.488 e. The van der Waals surface area contributed by atoms with Crippen LogP contribution in [-0.2, 0) is 4.79 Å². The van der Waals surface area contributed by atoms with Gasteiger partial charge in [0.1, 0.15) is 17.4 Å². The molecule has 1 aliphatic carbocycles. The van der Waals surface area contributed by atoms with Crippen LogP contribution in [0.1, 0.15) is 55.6 Å². The van der Waals surface area contributed by atoms with Crippen molar-refractivity contribution >= 4 is 28.5 Å². The Morgan fingerprint density at radius 1 is 1.29 bits per heavy atom. The molecule has 0 radical (unpaired) electrons. The van der Waals surface area contributed by atoms with Crippen LogP contribution < -0.4 is 15.8 Å². The molecular weight excluding hydrogens is 358 g/mol. The van der Waals surface area contributed by atoms with Crippen molar-refractivity contribution in [3.05, 3.63) is 29.5 Å². The number of nitrogens with two attached hydrogens (primary N) is 1. The van der Waals surface area contributed by atoms with Gasteiger partial charge >= 0.3 is 5.97 Å². The number of carboxylic acid groups (broad SMARTS) is 1. The van der Waals surface area contributed by atoms with Crippen molar-refractivity contribution in [2.45, 2.75) is 58.6 Å². The van der Waals surface area contributed by atoms with Gasteiger partial charge < -0.3 is 20.9 Å². The van der Waals surface area contributed by atoms with E-state index in [1.165, 1.54) is 0 Å². The summed E-state index contributed by atoms with van der Waals surface area (Å²) in [6.45, 7) is 5.35. The first kappa shape index (κ1) is 19.9. The number of benzene rings is 1. The van der Waals surface area contributed by atoms with Crippen LogP contribution in [0.2, 0.25) is 0 Å². The Labute approximate surface area is 164 Å². The number of anilines is 1. The van der Waals surface area contributed by atoms with Crippen LogP contribution in [0.5, 0.6) is 5.75 Å². The summed E-state index contributed by atoms with van der Waals surface area (Å²) in [5.74, 6) is -0.705. The quantitative estimate of drug-likeness (QED) is 0.728. The normalized spacial score (nSPS) is 19.6. The van der Waals surface area contributed by atoms with Crippen LogP contribution in [0.15, 0.2) is 18.2 Å². The molecule has 2 atom stereocenters. The molecule has 1 aromatic carbocycles. The highest BCUT2D eigenvalue weighted by atomic mass is 16.5. The molecule has 4 N–H and O–H groups in total. The van der Waals surface area contributed by atoms with E-state index in [0.717, 1.165) is 25.7 Å². The second kappa shape index (κ2) is 8.04. The molecule has 7 nitrogen and oxygen atoms in total. The van der Waals surface area contributed by atoms with E-state index >= 15 is 0 Å². The zero-order valence-electron chi connectivity index (χ0n) is 16.5. The summed E-state index contributed by atoms with van der Waals surface area (Å²) in [4.78, 5) is 28.2. The molecule has 2 unspecified atom stereocenters. The number of rotatable bonds is 5. The van der Waals surface area contributed by atoms with Gasteiger partial charge in [0.25, 0.3) is 0 Å². The van der Waals surface area contributed by atoms with E-state index in [1.54, 1.807) is 19.1 Å². The van der Waals surface area contributed by atoms with Crippen LogP contribution in [0.3, 0.4) is 0 Å². The molecule has 0 bridgehead atoms. The number of aromatic carboxylic acids is 1. The first-order valence-electron chi connectivity index (χ1n) is 9.68. The van der Waals surface area contributed by atoms with E-state index < -0.39 is 5.97 Å². The van der Waals surface area contributed by atoms with Crippen molar-refractivity contribution in [2.24, 2.45) is 5.92 Å². The molecule has 0 saturated heterocycles. The summed E-state index contributed by atoms with van der Waals surface area (Å²) in [5.41, 5.74) is 7.33. The Morgan fingerprint density at radius 3 is 2.68 bits per heavy atom. The smallest absolute Gasteiger partial charge is 0.339 e. The third kappa shape index (κ3) is 3.88. The summed E-state index contributed by atoms with van der Waals surface area (Å²) in [5, 5.41) is 13.1. The van der Waals surface area contributed by atoms with Gasteiger partial charge in [-0.15, -0.1) is 0 Å². The van der Waals surface area contributed by atoms with Crippen molar-refractivity contribution in [1.82, 2.24) is 10.3 Å². The van der Waals surface area contributed by atoms with Gasteiger partial charge in [-0.25, -0.2) is 4.79 Å². The average molecular weight is 385 g/mol. The van der Waals surface area contributed by atoms with Gasteiger partial charge in [-0.05, 0) is 38.3 Å². The van der Waals surface area contributed by atoms with E-state index in [2.05, 4.69) is 10.3 Å². The molecule has 28 heavy (non-hydrogen) atoms. The number of carbonyl (C=O) groups excluding carboxylic acids is 1. The number of aryl methyl sites for hydroxylation is 1. The summed E-state index contributed by atoms with van der Waals surface area (Å²) in [7, 11) is 0. The Kier molecular flexibility index (Phi) is 5.72. The number of nitrogen functional groups attached to an aromatic ring is 1. The highest BCUT2D eigenvalue weighted by Gasteiger charge is 2.30. The number of nitrogens with one attached hydrogen (secondary N) is 1. The van der Waals surface area contributed by atoms with Crippen LogP contribution in [0.25, 0.3) is 10.9 Å². The van der Waals surface area contributed by atoms with E-state index in [9.17, 15) is 14.7 Å². The van der Waals surface area contributed by atoms with E-state index in [0.29, 0.717) is 22.3 Å². The fourth-order valence-electron chi connectivity index (χ4n) is 3.72. The molecule has 2 aromatic rings. The average Bonchev–Trinajstić information content (AvgIpc) is 2.62. The topological polar surface area (TPSA) is 115 Å². The molecule has 150 valence electrons. The lowest BCUT2D eigenvalue weighted by Crippen LogP contribution is -2.48. The Balaban J connectivity index is 1.97. The van der Waals surface area contributed by atoms with Crippen molar-refractivity contribution in [3.63, 3.8) is 0 Å². The molecule has 7 heteroatoms. The number of aromatic nitrogens is 1. The van der Waals surface area contributed by atoms with Crippen LogP contribution in [-0.4, -0.2) is 34.1 Å². The molecule has 0 spiro atoms. The number of nitrogens with zero attached hydrogens (tertiary/aromatic N) is 1. The number of fused-ring (bicyclic) bond motifs is 1. The summed E-state index contributed by atoms with van der Waals surface area (Å²) in [6.07, 6.45) is 3.50. The predicted octanol–water partition coefficient (Wildman–Crippen LogP) is 3.29. The van der Waals surface area contributed by atoms with Gasteiger partial charge in [0.15, 0.2) is 0 Å². The highest BCUT2D eigenvalue weighted by molar-refractivity contribution is 6.06. The minimum atomic E-state index is -1.11. The second-order valence-corrected chi connectivity index (χ2v) is 7.65. The molecule has 1 heterocycles. The van der Waals surface area contributed by atoms with Gasteiger partial charge in [-0.3, -0.25) is 9.78 Å². The van der Waals surface area contributed by atoms with E-state index in [1.807, 2.05) is 19.9 Å².